The van der Waals surface area contributed by atoms with Crippen LogP contribution in [0.15, 0.2) is 35.1 Å². The summed E-state index contributed by atoms with van der Waals surface area (Å²) < 4.78 is 17.1. The molecule has 0 fully saturated rings. The average Bonchev–Trinajstić information content (AvgIpc) is 3.08. The third kappa shape index (κ3) is 4.01. The first-order valence-corrected chi connectivity index (χ1v) is 10.4. The number of carbonyl (C=O) groups is 1. The zero-order chi connectivity index (χ0) is 22.0. The van der Waals surface area contributed by atoms with Crippen LogP contribution < -0.4 is 5.56 Å². The lowest BCUT2D eigenvalue weighted by molar-refractivity contribution is 0.0667. The fraction of sp³-hybridized carbons (Fsp3) is 0.435. The van der Waals surface area contributed by atoms with Gasteiger partial charge in [-0.1, -0.05) is 26.3 Å². The van der Waals surface area contributed by atoms with Crippen LogP contribution in [0.4, 0.5) is 4.39 Å². The van der Waals surface area contributed by atoms with Gasteiger partial charge in [0.25, 0.3) is 11.5 Å². The summed E-state index contributed by atoms with van der Waals surface area (Å²) in [4.78, 5) is 27.5. The summed E-state index contributed by atoms with van der Waals surface area (Å²) in [6, 6.07) is 7.23. The number of hydrogen-bond donors (Lipinski definition) is 0. The molecule has 3 aromatic rings. The Hall–Kier alpha value is -2.96. The molecule has 0 bridgehead atoms. The summed E-state index contributed by atoms with van der Waals surface area (Å²) >= 11 is 0. The SMILES string of the molecule is CCCc1c(CN(C(=O)c2cccc(F)c2)C(C)CC)nn2c(=O)cc(C)n(C)c12. The van der Waals surface area contributed by atoms with Gasteiger partial charge in [-0.05, 0) is 44.9 Å². The van der Waals surface area contributed by atoms with Crippen LogP contribution in [0, 0.1) is 12.7 Å². The monoisotopic (exact) mass is 412 g/mol. The molecule has 7 heteroatoms. The second kappa shape index (κ2) is 8.81. The highest BCUT2D eigenvalue weighted by Gasteiger charge is 2.25. The van der Waals surface area contributed by atoms with Crippen LogP contribution >= 0.6 is 0 Å². The van der Waals surface area contributed by atoms with Gasteiger partial charge in [0.15, 0.2) is 0 Å². The molecule has 1 atom stereocenters. The Labute approximate surface area is 175 Å². The van der Waals surface area contributed by atoms with Crippen LogP contribution in [0.1, 0.15) is 60.9 Å². The fourth-order valence-corrected chi connectivity index (χ4v) is 3.72. The van der Waals surface area contributed by atoms with Gasteiger partial charge in [0.1, 0.15) is 11.5 Å². The number of carbonyl (C=O) groups excluding carboxylic acids is 1. The van der Waals surface area contributed by atoms with Gasteiger partial charge in [-0.25, -0.2) is 4.39 Å². The van der Waals surface area contributed by atoms with Crippen molar-refractivity contribution in [1.82, 2.24) is 19.1 Å². The quantitative estimate of drug-likeness (QED) is 0.592. The number of benzene rings is 1. The maximum absolute atomic E-state index is 13.7. The summed E-state index contributed by atoms with van der Waals surface area (Å²) in [5, 5.41) is 4.60. The van der Waals surface area contributed by atoms with Crippen LogP contribution in [0.25, 0.3) is 5.65 Å². The van der Waals surface area contributed by atoms with E-state index in [2.05, 4.69) is 12.0 Å². The van der Waals surface area contributed by atoms with E-state index in [0.29, 0.717) is 11.3 Å². The molecule has 1 amide bonds. The van der Waals surface area contributed by atoms with Crippen LogP contribution in [0.2, 0.25) is 0 Å². The Morgan fingerprint density at radius 2 is 2.00 bits per heavy atom. The van der Waals surface area contributed by atoms with Crippen molar-refractivity contribution in [2.75, 3.05) is 0 Å². The third-order valence-corrected chi connectivity index (χ3v) is 5.70. The van der Waals surface area contributed by atoms with Crippen molar-refractivity contribution in [3.63, 3.8) is 0 Å². The van der Waals surface area contributed by atoms with E-state index in [1.54, 1.807) is 17.0 Å². The van der Waals surface area contributed by atoms with E-state index in [0.717, 1.165) is 36.2 Å². The molecule has 0 N–H and O–H groups in total. The summed E-state index contributed by atoms with van der Waals surface area (Å²) in [7, 11) is 1.92. The predicted molar refractivity (Wildman–Crippen MR) is 115 cm³/mol. The zero-order valence-electron chi connectivity index (χ0n) is 18.3. The van der Waals surface area contributed by atoms with E-state index in [-0.39, 0.29) is 24.1 Å². The number of aromatic nitrogens is 3. The summed E-state index contributed by atoms with van der Waals surface area (Å²) in [6.45, 7) is 8.20. The van der Waals surface area contributed by atoms with Crippen LogP contribution in [-0.4, -0.2) is 31.0 Å². The first-order valence-electron chi connectivity index (χ1n) is 10.4. The number of fused-ring (bicyclic) bond motifs is 1. The Bertz CT molecular complexity index is 1130. The van der Waals surface area contributed by atoms with Gasteiger partial charge in [0.05, 0.1) is 12.2 Å². The van der Waals surface area contributed by atoms with E-state index < -0.39 is 5.82 Å². The Morgan fingerprint density at radius 1 is 1.27 bits per heavy atom. The second-order valence-electron chi connectivity index (χ2n) is 7.79. The molecule has 1 unspecified atom stereocenters. The van der Waals surface area contributed by atoms with Gasteiger partial charge in [-0.15, -0.1) is 0 Å². The fourth-order valence-electron chi connectivity index (χ4n) is 3.72. The van der Waals surface area contributed by atoms with Crippen molar-refractivity contribution < 1.29 is 9.18 Å². The van der Waals surface area contributed by atoms with Crippen molar-refractivity contribution in [2.45, 2.75) is 59.5 Å². The first-order chi connectivity index (χ1) is 14.3. The van der Waals surface area contributed by atoms with Gasteiger partial charge in [-0.2, -0.15) is 9.61 Å². The van der Waals surface area contributed by atoms with Crippen molar-refractivity contribution in [1.29, 1.82) is 0 Å². The van der Waals surface area contributed by atoms with Crippen LogP contribution in [0.3, 0.4) is 0 Å². The predicted octanol–water partition coefficient (Wildman–Crippen LogP) is 3.87. The smallest absolute Gasteiger partial charge is 0.274 e. The van der Waals surface area contributed by atoms with Crippen molar-refractivity contribution in [3.8, 4) is 0 Å². The molecule has 160 valence electrons. The highest BCUT2D eigenvalue weighted by atomic mass is 19.1. The second-order valence-corrected chi connectivity index (χ2v) is 7.79. The van der Waals surface area contributed by atoms with Gasteiger partial charge in [0.2, 0.25) is 0 Å². The van der Waals surface area contributed by atoms with Gasteiger partial charge in [0, 0.05) is 36.0 Å². The molecule has 3 rings (SSSR count). The van der Waals surface area contributed by atoms with E-state index >= 15 is 0 Å². The Morgan fingerprint density at radius 3 is 2.63 bits per heavy atom. The number of nitrogens with zero attached hydrogens (tertiary/aromatic N) is 4. The Kier molecular flexibility index (Phi) is 6.39. The molecule has 1 aromatic carbocycles. The minimum absolute atomic E-state index is 0.0673. The van der Waals surface area contributed by atoms with E-state index in [1.807, 2.05) is 32.4 Å². The van der Waals surface area contributed by atoms with E-state index in [1.165, 1.54) is 22.7 Å². The molecule has 0 aliphatic rings. The molecule has 0 saturated heterocycles. The lowest BCUT2D eigenvalue weighted by Crippen LogP contribution is -2.38. The molecule has 0 radical (unpaired) electrons. The zero-order valence-corrected chi connectivity index (χ0v) is 18.3. The van der Waals surface area contributed by atoms with Crippen molar-refractivity contribution in [2.24, 2.45) is 7.05 Å². The number of halogens is 1. The lowest BCUT2D eigenvalue weighted by Gasteiger charge is -2.28. The normalized spacial score (nSPS) is 12.3. The number of amides is 1. The number of rotatable bonds is 7. The third-order valence-electron chi connectivity index (χ3n) is 5.70. The molecular weight excluding hydrogens is 383 g/mol. The summed E-state index contributed by atoms with van der Waals surface area (Å²) in [5.41, 5.74) is 3.42. The number of aryl methyl sites for hydroxylation is 3. The molecule has 0 saturated carbocycles. The molecule has 0 aliphatic carbocycles. The van der Waals surface area contributed by atoms with Crippen LogP contribution in [-0.2, 0) is 20.0 Å². The molecule has 2 heterocycles. The van der Waals surface area contributed by atoms with E-state index in [9.17, 15) is 14.0 Å². The van der Waals surface area contributed by atoms with Gasteiger partial charge in [-0.3, -0.25) is 9.59 Å². The molecular formula is C23H29FN4O2. The highest BCUT2D eigenvalue weighted by Crippen LogP contribution is 2.22. The highest BCUT2D eigenvalue weighted by molar-refractivity contribution is 5.94. The standard InChI is InChI=1S/C23H29FN4O2/c1-6-9-19-20(25-28-21(29)12-16(4)26(5)22(19)28)14-27(15(3)7-2)23(30)17-10-8-11-18(24)13-17/h8,10-13,15H,6-7,9,14H2,1-5H3. The summed E-state index contributed by atoms with van der Waals surface area (Å²) in [5.74, 6) is -0.686. The Balaban J connectivity index is 2.11. The minimum atomic E-state index is -0.442. The van der Waals surface area contributed by atoms with Crippen molar-refractivity contribution >= 4 is 11.6 Å². The maximum Gasteiger partial charge on any atom is 0.274 e. The molecule has 0 aliphatic heterocycles. The van der Waals surface area contributed by atoms with Crippen molar-refractivity contribution in [3.05, 3.63) is 69.0 Å². The lowest BCUT2D eigenvalue weighted by atomic mass is 10.1. The average molecular weight is 413 g/mol. The largest absolute Gasteiger partial charge is 0.333 e. The maximum atomic E-state index is 13.7. The molecule has 0 spiro atoms. The van der Waals surface area contributed by atoms with Gasteiger partial charge >= 0.3 is 0 Å². The summed E-state index contributed by atoms with van der Waals surface area (Å²) in [6.07, 6.45) is 2.38. The minimum Gasteiger partial charge on any atom is -0.333 e. The van der Waals surface area contributed by atoms with Gasteiger partial charge < -0.3 is 9.47 Å². The number of hydrogen-bond acceptors (Lipinski definition) is 3. The first kappa shape index (κ1) is 21.7. The van der Waals surface area contributed by atoms with E-state index in [4.69, 9.17) is 0 Å². The van der Waals surface area contributed by atoms with Crippen LogP contribution in [0.5, 0.6) is 0 Å². The topological polar surface area (TPSA) is 59.6 Å². The molecule has 2 aromatic heterocycles. The molecule has 30 heavy (non-hydrogen) atoms. The molecule has 6 nitrogen and oxygen atoms in total.